The standard InChI is InChI=1S/C20H15F2N5O/c21-15-6-4-14(5-7-15)18-9-19(26-25-18)20(28)24-17-10-23-27(12-17)11-13-2-1-3-16(22)8-13/h1-10,12H,11H2,(H,24,28)(H,25,26). The second kappa shape index (κ2) is 7.43. The van der Waals surface area contributed by atoms with Crippen molar-refractivity contribution in [3.63, 3.8) is 0 Å². The maximum Gasteiger partial charge on any atom is 0.273 e. The summed E-state index contributed by atoms with van der Waals surface area (Å²) in [5.74, 6) is -1.03. The summed E-state index contributed by atoms with van der Waals surface area (Å²) in [5.41, 5.74) is 2.75. The quantitative estimate of drug-likeness (QED) is 0.553. The average molecular weight is 379 g/mol. The molecule has 6 nitrogen and oxygen atoms in total. The van der Waals surface area contributed by atoms with E-state index in [0.29, 0.717) is 23.5 Å². The van der Waals surface area contributed by atoms with E-state index >= 15 is 0 Å². The molecule has 28 heavy (non-hydrogen) atoms. The first-order chi connectivity index (χ1) is 13.6. The Morgan fingerprint density at radius 2 is 1.89 bits per heavy atom. The van der Waals surface area contributed by atoms with Gasteiger partial charge in [0.05, 0.1) is 24.1 Å². The number of amides is 1. The van der Waals surface area contributed by atoms with Crippen molar-refractivity contribution in [3.8, 4) is 11.3 Å². The van der Waals surface area contributed by atoms with Crippen LogP contribution < -0.4 is 5.32 Å². The third-order valence-electron chi connectivity index (χ3n) is 4.09. The van der Waals surface area contributed by atoms with Gasteiger partial charge >= 0.3 is 0 Å². The Labute approximate surface area is 158 Å². The van der Waals surface area contributed by atoms with Gasteiger partial charge in [0.1, 0.15) is 17.3 Å². The molecule has 4 rings (SSSR count). The molecule has 0 fully saturated rings. The van der Waals surface area contributed by atoms with Crippen molar-refractivity contribution in [3.05, 3.63) is 89.9 Å². The van der Waals surface area contributed by atoms with E-state index in [4.69, 9.17) is 0 Å². The van der Waals surface area contributed by atoms with Crippen molar-refractivity contribution < 1.29 is 13.6 Å². The maximum atomic E-state index is 13.3. The number of nitrogens with one attached hydrogen (secondary N) is 2. The lowest BCUT2D eigenvalue weighted by Gasteiger charge is -2.02. The Kier molecular flexibility index (Phi) is 4.67. The fraction of sp³-hybridized carbons (Fsp3) is 0.0500. The third kappa shape index (κ3) is 3.96. The lowest BCUT2D eigenvalue weighted by Crippen LogP contribution is -2.11. The van der Waals surface area contributed by atoms with Gasteiger partial charge in [0.15, 0.2) is 0 Å². The summed E-state index contributed by atoms with van der Waals surface area (Å²) in [5, 5.41) is 13.6. The molecule has 140 valence electrons. The van der Waals surface area contributed by atoms with Crippen LogP contribution in [0.4, 0.5) is 14.5 Å². The van der Waals surface area contributed by atoms with Crippen LogP contribution in [-0.4, -0.2) is 25.9 Å². The van der Waals surface area contributed by atoms with Crippen LogP contribution in [0.2, 0.25) is 0 Å². The fourth-order valence-electron chi connectivity index (χ4n) is 2.74. The topological polar surface area (TPSA) is 75.6 Å². The van der Waals surface area contributed by atoms with Gasteiger partial charge in [-0.25, -0.2) is 8.78 Å². The van der Waals surface area contributed by atoms with E-state index in [9.17, 15) is 13.6 Å². The smallest absolute Gasteiger partial charge is 0.273 e. The van der Waals surface area contributed by atoms with Gasteiger partial charge < -0.3 is 5.32 Å². The zero-order valence-electron chi connectivity index (χ0n) is 14.6. The number of hydrogen-bond acceptors (Lipinski definition) is 3. The minimum absolute atomic E-state index is 0.261. The molecule has 0 aliphatic carbocycles. The zero-order valence-corrected chi connectivity index (χ0v) is 14.6. The van der Waals surface area contributed by atoms with Gasteiger partial charge in [-0.15, -0.1) is 0 Å². The summed E-state index contributed by atoms with van der Waals surface area (Å²) in [6, 6.07) is 13.7. The van der Waals surface area contributed by atoms with Gasteiger partial charge in [0.2, 0.25) is 0 Å². The number of hydrogen-bond donors (Lipinski definition) is 2. The van der Waals surface area contributed by atoms with E-state index in [2.05, 4.69) is 20.6 Å². The number of benzene rings is 2. The molecule has 2 heterocycles. The number of H-pyrrole nitrogens is 1. The Morgan fingerprint density at radius 3 is 2.68 bits per heavy atom. The summed E-state index contributed by atoms with van der Waals surface area (Å²) in [7, 11) is 0. The van der Waals surface area contributed by atoms with Gasteiger partial charge in [0, 0.05) is 11.8 Å². The van der Waals surface area contributed by atoms with Crippen LogP contribution in [0.1, 0.15) is 16.1 Å². The van der Waals surface area contributed by atoms with E-state index in [1.165, 1.54) is 30.5 Å². The van der Waals surface area contributed by atoms with Gasteiger partial charge in [-0.05, 0) is 48.0 Å². The van der Waals surface area contributed by atoms with Crippen LogP contribution in [0.3, 0.4) is 0 Å². The number of carbonyl (C=O) groups is 1. The monoisotopic (exact) mass is 379 g/mol. The zero-order chi connectivity index (χ0) is 19.5. The number of anilines is 1. The molecule has 0 aliphatic heterocycles. The largest absolute Gasteiger partial charge is 0.318 e. The molecule has 2 aromatic heterocycles. The number of rotatable bonds is 5. The van der Waals surface area contributed by atoms with Crippen LogP contribution in [-0.2, 0) is 6.54 Å². The van der Waals surface area contributed by atoms with Crippen LogP contribution >= 0.6 is 0 Å². The predicted octanol–water partition coefficient (Wildman–Crippen LogP) is 3.85. The normalized spacial score (nSPS) is 10.8. The Bertz CT molecular complexity index is 1120. The summed E-state index contributed by atoms with van der Waals surface area (Å²) in [4.78, 5) is 12.4. The van der Waals surface area contributed by atoms with Crippen LogP contribution in [0, 0.1) is 11.6 Å². The number of carbonyl (C=O) groups excluding carboxylic acids is 1. The van der Waals surface area contributed by atoms with Crippen LogP contribution in [0.25, 0.3) is 11.3 Å². The van der Waals surface area contributed by atoms with Crippen molar-refractivity contribution in [1.82, 2.24) is 20.0 Å². The van der Waals surface area contributed by atoms with Gasteiger partial charge in [-0.3, -0.25) is 14.6 Å². The summed E-state index contributed by atoms with van der Waals surface area (Å²) < 4.78 is 27.9. The number of aromatic nitrogens is 4. The molecule has 0 atom stereocenters. The molecular formula is C20H15F2N5O. The van der Waals surface area contributed by atoms with Gasteiger partial charge in [-0.2, -0.15) is 10.2 Å². The Hall–Kier alpha value is -3.81. The second-order valence-corrected chi connectivity index (χ2v) is 6.18. The maximum absolute atomic E-state index is 13.3. The minimum atomic E-state index is -0.383. The molecule has 0 aliphatic rings. The number of nitrogens with zero attached hydrogens (tertiary/aromatic N) is 3. The molecule has 0 spiro atoms. The first-order valence-electron chi connectivity index (χ1n) is 8.46. The second-order valence-electron chi connectivity index (χ2n) is 6.18. The van der Waals surface area contributed by atoms with E-state index in [1.807, 2.05) is 0 Å². The SMILES string of the molecule is O=C(Nc1cnn(Cc2cccc(F)c2)c1)c1cc(-c2ccc(F)cc2)n[nH]1. The van der Waals surface area contributed by atoms with Gasteiger partial charge in [0.25, 0.3) is 5.91 Å². The van der Waals surface area contributed by atoms with E-state index < -0.39 is 0 Å². The fourth-order valence-corrected chi connectivity index (χ4v) is 2.74. The van der Waals surface area contributed by atoms with Crippen molar-refractivity contribution in [2.24, 2.45) is 0 Å². The first-order valence-corrected chi connectivity index (χ1v) is 8.46. The molecule has 0 saturated carbocycles. The van der Waals surface area contributed by atoms with Crippen LogP contribution in [0.15, 0.2) is 67.0 Å². The molecule has 0 unspecified atom stereocenters. The van der Waals surface area contributed by atoms with Crippen molar-refractivity contribution in [1.29, 1.82) is 0 Å². The molecule has 8 heteroatoms. The molecule has 0 saturated heterocycles. The molecule has 0 bridgehead atoms. The molecular weight excluding hydrogens is 364 g/mol. The lowest BCUT2D eigenvalue weighted by atomic mass is 10.1. The van der Waals surface area contributed by atoms with E-state index in [0.717, 1.165) is 5.56 Å². The molecule has 2 N–H and O–H groups in total. The summed E-state index contributed by atoms with van der Waals surface area (Å²) in [6.07, 6.45) is 3.16. The van der Waals surface area contributed by atoms with Gasteiger partial charge in [-0.1, -0.05) is 12.1 Å². The predicted molar refractivity (Wildman–Crippen MR) is 99.7 cm³/mol. The lowest BCUT2D eigenvalue weighted by molar-refractivity contribution is 0.102. The highest BCUT2D eigenvalue weighted by atomic mass is 19.1. The molecule has 2 aromatic carbocycles. The summed E-state index contributed by atoms with van der Waals surface area (Å²) in [6.45, 7) is 0.381. The minimum Gasteiger partial charge on any atom is -0.318 e. The Balaban J connectivity index is 1.43. The highest BCUT2D eigenvalue weighted by Crippen LogP contribution is 2.19. The third-order valence-corrected chi connectivity index (χ3v) is 4.09. The van der Waals surface area contributed by atoms with E-state index in [-0.39, 0.29) is 23.2 Å². The molecule has 1 amide bonds. The Morgan fingerprint density at radius 1 is 1.07 bits per heavy atom. The number of halogens is 2. The molecule has 4 aromatic rings. The van der Waals surface area contributed by atoms with Crippen molar-refractivity contribution in [2.45, 2.75) is 6.54 Å². The van der Waals surface area contributed by atoms with Crippen molar-refractivity contribution >= 4 is 11.6 Å². The van der Waals surface area contributed by atoms with Crippen LogP contribution in [0.5, 0.6) is 0 Å². The van der Waals surface area contributed by atoms with Crippen molar-refractivity contribution in [2.75, 3.05) is 5.32 Å². The highest BCUT2D eigenvalue weighted by Gasteiger charge is 2.12. The first kappa shape index (κ1) is 17.6. The summed E-state index contributed by atoms with van der Waals surface area (Å²) >= 11 is 0. The molecule has 0 radical (unpaired) electrons. The highest BCUT2D eigenvalue weighted by molar-refractivity contribution is 6.03. The number of aromatic amines is 1. The average Bonchev–Trinajstić information content (AvgIpc) is 3.32. The van der Waals surface area contributed by atoms with E-state index in [1.54, 1.807) is 41.2 Å².